The third-order valence-corrected chi connectivity index (χ3v) is 5.32. The molecule has 1 atom stereocenters. The normalized spacial score (nSPS) is 16.5. The van der Waals surface area contributed by atoms with Crippen LogP contribution in [-0.2, 0) is 4.84 Å². The molecule has 142 valence electrons. The lowest BCUT2D eigenvalue weighted by molar-refractivity contribution is 0.0852. The van der Waals surface area contributed by atoms with Crippen LogP contribution in [0.25, 0.3) is 0 Å². The molecule has 0 amide bonds. The van der Waals surface area contributed by atoms with Gasteiger partial charge in [-0.05, 0) is 68.1 Å². The van der Waals surface area contributed by atoms with Gasteiger partial charge in [-0.3, -0.25) is 0 Å². The summed E-state index contributed by atoms with van der Waals surface area (Å²) in [4.78, 5) is 12.4. The van der Waals surface area contributed by atoms with E-state index in [9.17, 15) is 0 Å². The van der Waals surface area contributed by atoms with Crippen molar-refractivity contribution in [2.45, 2.75) is 40.2 Å². The van der Waals surface area contributed by atoms with Crippen LogP contribution in [0.15, 0.2) is 40.5 Å². The van der Waals surface area contributed by atoms with E-state index in [2.05, 4.69) is 48.0 Å². The molecule has 0 bridgehead atoms. The van der Waals surface area contributed by atoms with Gasteiger partial charge in [0.15, 0.2) is 6.10 Å². The largest absolute Gasteiger partial charge is 0.387 e. The van der Waals surface area contributed by atoms with Crippen LogP contribution in [0.2, 0.25) is 5.02 Å². The van der Waals surface area contributed by atoms with Crippen LogP contribution in [-0.4, -0.2) is 30.5 Å². The standard InChI is InChI=1S/C22H26ClN3O/c1-6-26(5)13-24-19-11-15(3)17(10-16(19)4)21-12-20(25-27-21)22-14(2)8-7-9-18(22)23/h7-11,13,21H,6,12H2,1-5H3. The molecule has 2 aromatic rings. The zero-order valence-electron chi connectivity index (χ0n) is 16.6. The van der Waals surface area contributed by atoms with Crippen molar-refractivity contribution < 1.29 is 4.84 Å². The summed E-state index contributed by atoms with van der Waals surface area (Å²) in [5.41, 5.74) is 7.43. The zero-order valence-corrected chi connectivity index (χ0v) is 17.3. The summed E-state index contributed by atoms with van der Waals surface area (Å²) in [6.45, 7) is 9.25. The summed E-state index contributed by atoms with van der Waals surface area (Å²) >= 11 is 6.40. The van der Waals surface area contributed by atoms with Gasteiger partial charge in [0.1, 0.15) is 0 Å². The molecule has 0 aromatic heterocycles. The summed E-state index contributed by atoms with van der Waals surface area (Å²) in [6, 6.07) is 10.2. The lowest BCUT2D eigenvalue weighted by atomic mass is 9.94. The average Bonchev–Trinajstić information content (AvgIpc) is 3.11. The Morgan fingerprint density at radius 3 is 2.70 bits per heavy atom. The van der Waals surface area contributed by atoms with Crippen LogP contribution in [0.5, 0.6) is 0 Å². The molecule has 27 heavy (non-hydrogen) atoms. The molecular formula is C22H26ClN3O. The molecule has 1 heterocycles. The summed E-state index contributed by atoms with van der Waals surface area (Å²) in [5, 5.41) is 5.06. The molecule has 3 rings (SSSR count). The maximum atomic E-state index is 6.40. The van der Waals surface area contributed by atoms with E-state index in [1.807, 2.05) is 38.5 Å². The average molecular weight is 384 g/mol. The smallest absolute Gasteiger partial charge is 0.158 e. The van der Waals surface area contributed by atoms with E-state index < -0.39 is 0 Å². The fourth-order valence-electron chi connectivity index (χ4n) is 3.24. The third kappa shape index (κ3) is 4.16. The quantitative estimate of drug-likeness (QED) is 0.487. The molecule has 4 nitrogen and oxygen atoms in total. The van der Waals surface area contributed by atoms with Gasteiger partial charge in [-0.25, -0.2) is 4.99 Å². The van der Waals surface area contributed by atoms with Gasteiger partial charge in [-0.15, -0.1) is 0 Å². The van der Waals surface area contributed by atoms with E-state index in [1.54, 1.807) is 0 Å². The van der Waals surface area contributed by atoms with Crippen LogP contribution >= 0.6 is 11.6 Å². The summed E-state index contributed by atoms with van der Waals surface area (Å²) in [5.74, 6) is 0. The van der Waals surface area contributed by atoms with Crippen LogP contribution in [0.1, 0.15) is 47.3 Å². The van der Waals surface area contributed by atoms with Gasteiger partial charge in [0.2, 0.25) is 0 Å². The first kappa shape index (κ1) is 19.4. The predicted molar refractivity (Wildman–Crippen MR) is 114 cm³/mol. The molecule has 1 aliphatic rings. The van der Waals surface area contributed by atoms with Crippen molar-refractivity contribution in [2.75, 3.05) is 13.6 Å². The lowest BCUT2D eigenvalue weighted by Gasteiger charge is -2.15. The van der Waals surface area contributed by atoms with E-state index >= 15 is 0 Å². The van der Waals surface area contributed by atoms with Crippen molar-refractivity contribution >= 4 is 29.3 Å². The van der Waals surface area contributed by atoms with Crippen LogP contribution < -0.4 is 0 Å². The number of aliphatic imine (C=N–C) groups is 1. The Hall–Kier alpha value is -2.33. The fourth-order valence-corrected chi connectivity index (χ4v) is 3.57. The molecule has 0 radical (unpaired) electrons. The molecule has 0 fully saturated rings. The Morgan fingerprint density at radius 1 is 1.22 bits per heavy atom. The molecule has 0 saturated carbocycles. The minimum absolute atomic E-state index is 0.0919. The number of aryl methyl sites for hydroxylation is 3. The first-order chi connectivity index (χ1) is 12.9. The Labute approximate surface area is 166 Å². The van der Waals surface area contributed by atoms with Crippen LogP contribution in [0.4, 0.5) is 5.69 Å². The molecule has 0 spiro atoms. The van der Waals surface area contributed by atoms with E-state index in [0.717, 1.165) is 50.8 Å². The lowest BCUT2D eigenvalue weighted by Crippen LogP contribution is -2.14. The summed E-state index contributed by atoms with van der Waals surface area (Å²) in [7, 11) is 2.02. The van der Waals surface area contributed by atoms with Gasteiger partial charge in [0.25, 0.3) is 0 Å². The van der Waals surface area contributed by atoms with Gasteiger partial charge in [0, 0.05) is 25.6 Å². The van der Waals surface area contributed by atoms with Crippen molar-refractivity contribution in [1.29, 1.82) is 0 Å². The maximum absolute atomic E-state index is 6.40. The third-order valence-electron chi connectivity index (χ3n) is 5.00. The number of rotatable bonds is 5. The minimum atomic E-state index is -0.0919. The SMILES string of the molecule is CCN(C)C=Nc1cc(C)c(C2CC(c3c(C)cccc3Cl)=NO2)cc1C. The highest BCUT2D eigenvalue weighted by molar-refractivity contribution is 6.34. The molecule has 1 aliphatic heterocycles. The highest BCUT2D eigenvalue weighted by atomic mass is 35.5. The van der Waals surface area contributed by atoms with Crippen LogP contribution in [0.3, 0.4) is 0 Å². The van der Waals surface area contributed by atoms with Gasteiger partial charge >= 0.3 is 0 Å². The Kier molecular flexibility index (Phi) is 5.85. The Morgan fingerprint density at radius 2 is 2.00 bits per heavy atom. The first-order valence-corrected chi connectivity index (χ1v) is 9.62. The van der Waals surface area contributed by atoms with Crippen molar-refractivity contribution in [3.63, 3.8) is 0 Å². The molecule has 0 N–H and O–H groups in total. The van der Waals surface area contributed by atoms with Crippen LogP contribution in [0, 0.1) is 20.8 Å². The van der Waals surface area contributed by atoms with Gasteiger partial charge in [-0.1, -0.05) is 28.9 Å². The second-order valence-electron chi connectivity index (χ2n) is 7.08. The Bertz CT molecular complexity index is 884. The monoisotopic (exact) mass is 383 g/mol. The number of hydrogen-bond acceptors (Lipinski definition) is 3. The minimum Gasteiger partial charge on any atom is -0.387 e. The second-order valence-corrected chi connectivity index (χ2v) is 7.49. The fraction of sp³-hybridized carbons (Fsp3) is 0.364. The van der Waals surface area contributed by atoms with Gasteiger partial charge in [-0.2, -0.15) is 0 Å². The predicted octanol–water partition coefficient (Wildman–Crippen LogP) is 5.74. The summed E-state index contributed by atoms with van der Waals surface area (Å²) < 4.78 is 0. The van der Waals surface area contributed by atoms with E-state index in [-0.39, 0.29) is 6.10 Å². The van der Waals surface area contributed by atoms with E-state index in [0.29, 0.717) is 6.42 Å². The van der Waals surface area contributed by atoms with Gasteiger partial charge < -0.3 is 9.74 Å². The number of hydrogen-bond donors (Lipinski definition) is 0. The van der Waals surface area contributed by atoms with E-state index in [4.69, 9.17) is 16.4 Å². The molecule has 5 heteroatoms. The molecule has 2 aromatic carbocycles. The second kappa shape index (κ2) is 8.13. The zero-order chi connectivity index (χ0) is 19.6. The van der Waals surface area contributed by atoms with E-state index in [1.165, 1.54) is 0 Å². The number of oxime groups is 1. The number of benzene rings is 2. The highest BCUT2D eigenvalue weighted by Gasteiger charge is 2.27. The number of nitrogens with zero attached hydrogens (tertiary/aromatic N) is 3. The maximum Gasteiger partial charge on any atom is 0.158 e. The van der Waals surface area contributed by atoms with Crippen molar-refractivity contribution in [2.24, 2.45) is 10.1 Å². The molecular weight excluding hydrogens is 358 g/mol. The summed E-state index contributed by atoms with van der Waals surface area (Å²) in [6.07, 6.45) is 2.49. The van der Waals surface area contributed by atoms with Crippen molar-refractivity contribution in [3.05, 3.63) is 63.2 Å². The first-order valence-electron chi connectivity index (χ1n) is 9.24. The molecule has 0 saturated heterocycles. The molecule has 1 unspecified atom stereocenters. The number of halogens is 1. The molecule has 0 aliphatic carbocycles. The van der Waals surface area contributed by atoms with Crippen molar-refractivity contribution in [1.82, 2.24) is 4.90 Å². The topological polar surface area (TPSA) is 37.2 Å². The van der Waals surface area contributed by atoms with Gasteiger partial charge in [0.05, 0.1) is 22.8 Å². The Balaban J connectivity index is 1.83. The highest BCUT2D eigenvalue weighted by Crippen LogP contribution is 2.36. The van der Waals surface area contributed by atoms with Crippen molar-refractivity contribution in [3.8, 4) is 0 Å².